The second-order valence-corrected chi connectivity index (χ2v) is 4.43. The molecule has 0 radical (unpaired) electrons. The Labute approximate surface area is 109 Å². The van der Waals surface area contributed by atoms with Gasteiger partial charge in [0.2, 0.25) is 11.8 Å². The average molecular weight is 281 g/mol. The quantitative estimate of drug-likeness (QED) is 0.777. The highest BCUT2D eigenvalue weighted by Gasteiger charge is 2.32. The maximum absolute atomic E-state index is 12.0. The Balaban J connectivity index is 2.50. The van der Waals surface area contributed by atoms with E-state index in [1.807, 2.05) is 0 Å². The van der Waals surface area contributed by atoms with Gasteiger partial charge >= 0.3 is 6.18 Å². The lowest BCUT2D eigenvalue weighted by atomic mass is 10.0. The van der Waals surface area contributed by atoms with Gasteiger partial charge in [-0.2, -0.15) is 13.2 Å². The normalized spacial score (nSPS) is 20.2. The maximum atomic E-state index is 12.0. The van der Waals surface area contributed by atoms with Crippen LogP contribution in [0.4, 0.5) is 13.2 Å². The molecule has 2 amide bonds. The Morgan fingerprint density at radius 1 is 1.32 bits per heavy atom. The maximum Gasteiger partial charge on any atom is 0.401 e. The number of halogens is 3. The summed E-state index contributed by atoms with van der Waals surface area (Å²) in [6, 6.07) is -0.570. The number of carbonyl (C=O) groups excluding carboxylic acids is 2. The minimum atomic E-state index is -4.34. The van der Waals surface area contributed by atoms with Gasteiger partial charge in [0, 0.05) is 13.6 Å². The molecule has 1 aliphatic heterocycles. The molecule has 5 nitrogen and oxygen atoms in total. The first-order valence-electron chi connectivity index (χ1n) is 6.13. The van der Waals surface area contributed by atoms with Crippen LogP contribution in [0, 0.1) is 0 Å². The fraction of sp³-hybridized carbons (Fsp3) is 0.818. The smallest absolute Gasteiger partial charge is 0.357 e. The summed E-state index contributed by atoms with van der Waals surface area (Å²) in [5.41, 5.74) is 0. The molecule has 0 saturated carbocycles. The van der Waals surface area contributed by atoms with E-state index in [9.17, 15) is 22.8 Å². The minimum absolute atomic E-state index is 0.274. The molecule has 1 unspecified atom stereocenters. The third-order valence-corrected chi connectivity index (χ3v) is 2.97. The van der Waals surface area contributed by atoms with Crippen LogP contribution in [-0.4, -0.2) is 55.6 Å². The number of likely N-dealkylation sites (tertiary alicyclic amines) is 1. The molecule has 0 aromatic carbocycles. The van der Waals surface area contributed by atoms with Crippen LogP contribution in [0.3, 0.4) is 0 Å². The van der Waals surface area contributed by atoms with Crippen molar-refractivity contribution in [2.45, 2.75) is 31.5 Å². The van der Waals surface area contributed by atoms with E-state index in [1.54, 1.807) is 0 Å². The van der Waals surface area contributed by atoms with E-state index in [4.69, 9.17) is 0 Å². The summed E-state index contributed by atoms with van der Waals surface area (Å²) in [5, 5.41) is 4.52. The Hall–Kier alpha value is -1.31. The number of rotatable bonds is 4. The Morgan fingerprint density at radius 2 is 2.00 bits per heavy atom. The summed E-state index contributed by atoms with van der Waals surface area (Å²) in [6.07, 6.45) is -2.20. The molecular weight excluding hydrogens is 263 g/mol. The van der Waals surface area contributed by atoms with Gasteiger partial charge in [-0.25, -0.2) is 0 Å². The molecule has 110 valence electrons. The SMILES string of the molecule is CNC(=O)C1CCCCN1C(=O)CNCC(F)(F)F. The Bertz CT molecular complexity index is 334. The first kappa shape index (κ1) is 15.7. The number of piperidine rings is 1. The van der Waals surface area contributed by atoms with Crippen molar-refractivity contribution >= 4 is 11.8 Å². The highest BCUT2D eigenvalue weighted by molar-refractivity contribution is 5.88. The van der Waals surface area contributed by atoms with Crippen molar-refractivity contribution in [3.05, 3.63) is 0 Å². The molecule has 19 heavy (non-hydrogen) atoms. The average Bonchev–Trinajstić information content (AvgIpc) is 2.36. The molecule has 2 N–H and O–H groups in total. The van der Waals surface area contributed by atoms with E-state index < -0.39 is 31.2 Å². The molecule has 1 fully saturated rings. The van der Waals surface area contributed by atoms with Gasteiger partial charge in [0.15, 0.2) is 0 Å². The number of carbonyl (C=O) groups is 2. The lowest BCUT2D eigenvalue weighted by Gasteiger charge is -2.34. The van der Waals surface area contributed by atoms with Crippen molar-refractivity contribution in [1.82, 2.24) is 15.5 Å². The largest absolute Gasteiger partial charge is 0.401 e. The summed E-state index contributed by atoms with van der Waals surface area (Å²) in [5.74, 6) is -0.749. The first-order valence-corrected chi connectivity index (χ1v) is 6.13. The molecule has 1 aliphatic rings. The van der Waals surface area contributed by atoms with Gasteiger partial charge in [0.05, 0.1) is 13.1 Å². The van der Waals surface area contributed by atoms with Crippen molar-refractivity contribution < 1.29 is 22.8 Å². The minimum Gasteiger partial charge on any atom is -0.357 e. The highest BCUT2D eigenvalue weighted by Crippen LogP contribution is 2.17. The van der Waals surface area contributed by atoms with E-state index in [1.165, 1.54) is 11.9 Å². The topological polar surface area (TPSA) is 61.4 Å². The number of amides is 2. The zero-order valence-corrected chi connectivity index (χ0v) is 10.7. The molecule has 0 spiro atoms. The van der Waals surface area contributed by atoms with Gasteiger partial charge in [-0.15, -0.1) is 0 Å². The molecule has 1 saturated heterocycles. The number of likely N-dealkylation sites (N-methyl/N-ethyl adjacent to an activating group) is 1. The monoisotopic (exact) mass is 281 g/mol. The summed E-state index contributed by atoms with van der Waals surface area (Å²) < 4.78 is 35.9. The number of hydrogen-bond donors (Lipinski definition) is 2. The van der Waals surface area contributed by atoms with Crippen molar-refractivity contribution in [2.24, 2.45) is 0 Å². The molecule has 1 rings (SSSR count). The van der Waals surface area contributed by atoms with Crippen LogP contribution in [0.2, 0.25) is 0 Å². The number of hydrogen-bond acceptors (Lipinski definition) is 3. The second kappa shape index (κ2) is 6.74. The predicted octanol–water partition coefficient (Wildman–Crippen LogP) is 0.265. The molecule has 0 aliphatic carbocycles. The molecule has 8 heteroatoms. The van der Waals surface area contributed by atoms with Crippen molar-refractivity contribution in [2.75, 3.05) is 26.7 Å². The van der Waals surface area contributed by atoms with Crippen molar-refractivity contribution in [1.29, 1.82) is 0 Å². The molecule has 0 aromatic rings. The van der Waals surface area contributed by atoms with Gasteiger partial charge in [-0.3, -0.25) is 9.59 Å². The fourth-order valence-electron chi connectivity index (χ4n) is 2.08. The third-order valence-electron chi connectivity index (χ3n) is 2.97. The number of nitrogens with one attached hydrogen (secondary N) is 2. The van der Waals surface area contributed by atoms with Crippen LogP contribution >= 0.6 is 0 Å². The molecule has 1 heterocycles. The van der Waals surface area contributed by atoms with Crippen LogP contribution in [0.15, 0.2) is 0 Å². The first-order chi connectivity index (χ1) is 8.85. The van der Waals surface area contributed by atoms with Crippen LogP contribution < -0.4 is 10.6 Å². The molecular formula is C11H18F3N3O2. The van der Waals surface area contributed by atoms with E-state index in [0.717, 1.165) is 12.8 Å². The van der Waals surface area contributed by atoms with E-state index in [-0.39, 0.29) is 5.91 Å². The lowest BCUT2D eigenvalue weighted by molar-refractivity contribution is -0.143. The van der Waals surface area contributed by atoms with Crippen molar-refractivity contribution in [3.63, 3.8) is 0 Å². The van der Waals surface area contributed by atoms with Gasteiger partial charge in [0.25, 0.3) is 0 Å². The summed E-state index contributed by atoms with van der Waals surface area (Å²) in [6.45, 7) is -1.21. The van der Waals surface area contributed by atoms with Crippen LogP contribution in [0.25, 0.3) is 0 Å². The predicted molar refractivity (Wildman–Crippen MR) is 62.3 cm³/mol. The number of alkyl halides is 3. The zero-order valence-electron chi connectivity index (χ0n) is 10.7. The van der Waals surface area contributed by atoms with Gasteiger partial charge < -0.3 is 15.5 Å². The molecule has 0 aromatic heterocycles. The summed E-state index contributed by atoms with van der Waals surface area (Å²) in [4.78, 5) is 24.8. The fourth-order valence-corrected chi connectivity index (χ4v) is 2.08. The Morgan fingerprint density at radius 3 is 2.58 bits per heavy atom. The van der Waals surface area contributed by atoms with E-state index in [0.29, 0.717) is 13.0 Å². The van der Waals surface area contributed by atoms with Gasteiger partial charge in [-0.05, 0) is 19.3 Å². The van der Waals surface area contributed by atoms with Crippen LogP contribution in [-0.2, 0) is 9.59 Å². The van der Waals surface area contributed by atoms with Gasteiger partial charge in [-0.1, -0.05) is 0 Å². The third kappa shape index (κ3) is 5.06. The van der Waals surface area contributed by atoms with Crippen molar-refractivity contribution in [3.8, 4) is 0 Å². The van der Waals surface area contributed by atoms with Crippen LogP contribution in [0.1, 0.15) is 19.3 Å². The Kier molecular flexibility index (Phi) is 5.59. The second-order valence-electron chi connectivity index (χ2n) is 4.43. The van der Waals surface area contributed by atoms with E-state index >= 15 is 0 Å². The van der Waals surface area contributed by atoms with Crippen LogP contribution in [0.5, 0.6) is 0 Å². The summed E-state index contributed by atoms with van der Waals surface area (Å²) >= 11 is 0. The lowest BCUT2D eigenvalue weighted by Crippen LogP contribution is -2.53. The molecule has 0 bridgehead atoms. The highest BCUT2D eigenvalue weighted by atomic mass is 19.4. The van der Waals surface area contributed by atoms with E-state index in [2.05, 4.69) is 10.6 Å². The van der Waals surface area contributed by atoms with Gasteiger partial charge in [0.1, 0.15) is 6.04 Å². The standard InChI is InChI=1S/C11H18F3N3O2/c1-15-10(19)8-4-2-3-5-17(8)9(18)6-16-7-11(12,13)14/h8,16H,2-7H2,1H3,(H,15,19). The number of nitrogens with zero attached hydrogens (tertiary/aromatic N) is 1. The molecule has 1 atom stereocenters. The summed E-state index contributed by atoms with van der Waals surface area (Å²) in [7, 11) is 1.47. The zero-order chi connectivity index (χ0) is 14.5.